The van der Waals surface area contributed by atoms with Crippen LogP contribution >= 0.6 is 0 Å². The first kappa shape index (κ1) is 14.4. The maximum atomic E-state index is 13.7. The van der Waals surface area contributed by atoms with E-state index in [-0.39, 0.29) is 22.6 Å². The van der Waals surface area contributed by atoms with E-state index in [4.69, 9.17) is 9.84 Å². The van der Waals surface area contributed by atoms with Crippen molar-refractivity contribution in [3.63, 3.8) is 0 Å². The van der Waals surface area contributed by atoms with Crippen LogP contribution in [0.15, 0.2) is 36.7 Å². The highest BCUT2D eigenvalue weighted by Gasteiger charge is 2.15. The van der Waals surface area contributed by atoms with Gasteiger partial charge < -0.3 is 15.2 Å². The summed E-state index contributed by atoms with van der Waals surface area (Å²) in [4.78, 5) is 26.6. The molecule has 108 valence electrons. The highest BCUT2D eigenvalue weighted by Crippen LogP contribution is 2.20. The van der Waals surface area contributed by atoms with Gasteiger partial charge in [0.05, 0.1) is 30.1 Å². The number of carboxylic acids is 1. The Morgan fingerprint density at radius 3 is 2.71 bits per heavy atom. The van der Waals surface area contributed by atoms with Gasteiger partial charge in [-0.25, -0.2) is 9.18 Å². The molecule has 0 unspecified atom stereocenters. The maximum absolute atomic E-state index is 13.7. The Bertz CT molecular complexity index is 703. The maximum Gasteiger partial charge on any atom is 0.335 e. The predicted octanol–water partition coefficient (Wildman–Crippen LogP) is 2.18. The fourth-order valence-electron chi connectivity index (χ4n) is 1.67. The first-order chi connectivity index (χ1) is 10.0. The zero-order chi connectivity index (χ0) is 15.4. The molecule has 0 fully saturated rings. The summed E-state index contributed by atoms with van der Waals surface area (Å²) < 4.78 is 18.7. The van der Waals surface area contributed by atoms with E-state index in [9.17, 15) is 14.0 Å². The summed E-state index contributed by atoms with van der Waals surface area (Å²) in [5, 5.41) is 11.1. The van der Waals surface area contributed by atoms with E-state index in [1.54, 1.807) is 0 Å². The molecule has 0 saturated heterocycles. The average molecular weight is 290 g/mol. The number of pyridine rings is 1. The van der Waals surface area contributed by atoms with Crippen LogP contribution in [0.25, 0.3) is 0 Å². The summed E-state index contributed by atoms with van der Waals surface area (Å²) in [6.07, 6.45) is 2.76. The molecule has 1 aromatic carbocycles. The quantitative estimate of drug-likeness (QED) is 0.901. The fraction of sp³-hybridized carbons (Fsp3) is 0.0714. The van der Waals surface area contributed by atoms with E-state index >= 15 is 0 Å². The highest BCUT2D eigenvalue weighted by molar-refractivity contribution is 6.06. The van der Waals surface area contributed by atoms with Crippen molar-refractivity contribution < 1.29 is 23.8 Å². The van der Waals surface area contributed by atoms with E-state index in [1.807, 2.05) is 0 Å². The largest absolute Gasteiger partial charge is 0.494 e. The molecule has 0 aliphatic carbocycles. The van der Waals surface area contributed by atoms with Gasteiger partial charge in [0.15, 0.2) is 0 Å². The molecule has 0 atom stereocenters. The molecule has 1 amide bonds. The zero-order valence-electron chi connectivity index (χ0n) is 11.0. The molecule has 6 nitrogen and oxygen atoms in total. The molecule has 2 N–H and O–H groups in total. The van der Waals surface area contributed by atoms with Crippen LogP contribution in [0.5, 0.6) is 5.75 Å². The van der Waals surface area contributed by atoms with Crippen LogP contribution in [0.1, 0.15) is 20.7 Å². The van der Waals surface area contributed by atoms with Gasteiger partial charge in [-0.3, -0.25) is 9.78 Å². The molecule has 2 rings (SSSR count). The van der Waals surface area contributed by atoms with Gasteiger partial charge in [-0.2, -0.15) is 0 Å². The molecule has 0 aliphatic rings. The van der Waals surface area contributed by atoms with Crippen molar-refractivity contribution in [2.45, 2.75) is 0 Å². The summed E-state index contributed by atoms with van der Waals surface area (Å²) in [6.45, 7) is 0. The smallest absolute Gasteiger partial charge is 0.335 e. The van der Waals surface area contributed by atoms with Crippen molar-refractivity contribution in [3.8, 4) is 5.75 Å². The Kier molecular flexibility index (Phi) is 4.13. The molecule has 0 saturated carbocycles. The number of benzene rings is 1. The van der Waals surface area contributed by atoms with Crippen molar-refractivity contribution in [1.82, 2.24) is 4.98 Å². The van der Waals surface area contributed by atoms with Crippen molar-refractivity contribution >= 4 is 17.6 Å². The molecule has 1 aromatic heterocycles. The number of methoxy groups -OCH3 is 1. The summed E-state index contributed by atoms with van der Waals surface area (Å²) in [5.74, 6) is -2.42. The second-order valence-corrected chi connectivity index (χ2v) is 4.03. The molecule has 2 aromatic rings. The Morgan fingerprint density at radius 1 is 1.33 bits per heavy atom. The number of nitrogens with zero attached hydrogens (tertiary/aromatic N) is 1. The molecule has 0 radical (unpaired) electrons. The minimum Gasteiger partial charge on any atom is -0.494 e. The topological polar surface area (TPSA) is 88.5 Å². The molecule has 0 aliphatic heterocycles. The van der Waals surface area contributed by atoms with E-state index in [2.05, 4.69) is 10.3 Å². The normalized spacial score (nSPS) is 10.0. The number of carbonyl (C=O) groups excluding carboxylic acids is 1. The number of aromatic carboxylic acids is 1. The molecular weight excluding hydrogens is 279 g/mol. The van der Waals surface area contributed by atoms with Crippen LogP contribution in [0.3, 0.4) is 0 Å². The lowest BCUT2D eigenvalue weighted by Crippen LogP contribution is -2.14. The number of carboxylic acid groups (broad SMARTS) is 1. The molecule has 0 bridgehead atoms. The lowest BCUT2D eigenvalue weighted by atomic mass is 10.2. The van der Waals surface area contributed by atoms with Gasteiger partial charge in [0, 0.05) is 6.20 Å². The third-order valence-corrected chi connectivity index (χ3v) is 2.71. The van der Waals surface area contributed by atoms with Gasteiger partial charge in [0.1, 0.15) is 11.6 Å². The predicted molar refractivity (Wildman–Crippen MR) is 72.1 cm³/mol. The third kappa shape index (κ3) is 3.14. The number of anilines is 1. The first-order valence-electron chi connectivity index (χ1n) is 5.85. The van der Waals surface area contributed by atoms with E-state index in [1.165, 1.54) is 37.7 Å². The van der Waals surface area contributed by atoms with Crippen molar-refractivity contribution in [1.29, 1.82) is 0 Å². The number of rotatable bonds is 4. The summed E-state index contributed by atoms with van der Waals surface area (Å²) >= 11 is 0. The van der Waals surface area contributed by atoms with Crippen LogP contribution in [0.2, 0.25) is 0 Å². The second-order valence-electron chi connectivity index (χ2n) is 4.03. The fourth-order valence-corrected chi connectivity index (χ4v) is 1.67. The Balaban J connectivity index is 2.26. The highest BCUT2D eigenvalue weighted by atomic mass is 19.1. The van der Waals surface area contributed by atoms with Gasteiger partial charge in [-0.15, -0.1) is 0 Å². The van der Waals surface area contributed by atoms with Crippen LogP contribution in [0, 0.1) is 5.82 Å². The Morgan fingerprint density at radius 2 is 2.10 bits per heavy atom. The van der Waals surface area contributed by atoms with Crippen molar-refractivity contribution in [2.24, 2.45) is 0 Å². The number of halogens is 1. The minimum atomic E-state index is -1.25. The lowest BCUT2D eigenvalue weighted by molar-refractivity contribution is 0.0696. The molecule has 7 heteroatoms. The molecular formula is C14H11FN2O4. The third-order valence-electron chi connectivity index (χ3n) is 2.71. The van der Waals surface area contributed by atoms with Crippen molar-refractivity contribution in [2.75, 3.05) is 12.4 Å². The van der Waals surface area contributed by atoms with E-state index < -0.39 is 17.7 Å². The van der Waals surface area contributed by atoms with Gasteiger partial charge in [-0.1, -0.05) is 0 Å². The SMILES string of the molecule is COc1cnccc1C(=O)Nc1ccc(C(=O)O)cc1F. The number of aromatic nitrogens is 1. The second kappa shape index (κ2) is 6.00. The monoisotopic (exact) mass is 290 g/mol. The molecule has 21 heavy (non-hydrogen) atoms. The molecule has 1 heterocycles. The zero-order valence-corrected chi connectivity index (χ0v) is 11.0. The number of ether oxygens (including phenoxy) is 1. The van der Waals surface area contributed by atoms with E-state index in [0.717, 1.165) is 6.07 Å². The summed E-state index contributed by atoms with van der Waals surface area (Å²) in [6, 6.07) is 4.65. The number of hydrogen-bond donors (Lipinski definition) is 2. The van der Waals surface area contributed by atoms with Crippen LogP contribution in [-0.2, 0) is 0 Å². The van der Waals surface area contributed by atoms with Gasteiger partial charge in [-0.05, 0) is 24.3 Å². The van der Waals surface area contributed by atoms with Gasteiger partial charge >= 0.3 is 5.97 Å². The molecule has 0 spiro atoms. The number of carbonyl (C=O) groups is 2. The summed E-state index contributed by atoms with van der Waals surface area (Å²) in [7, 11) is 1.38. The first-order valence-corrected chi connectivity index (χ1v) is 5.85. The van der Waals surface area contributed by atoms with Gasteiger partial charge in [0.2, 0.25) is 0 Å². The Labute approximate surface area is 119 Å². The average Bonchev–Trinajstić information content (AvgIpc) is 2.48. The van der Waals surface area contributed by atoms with Crippen molar-refractivity contribution in [3.05, 3.63) is 53.6 Å². The Hall–Kier alpha value is -2.96. The standard InChI is InChI=1S/C14H11FN2O4/c1-21-12-7-16-5-4-9(12)13(18)17-11-3-2-8(14(19)20)6-10(11)15/h2-7H,1H3,(H,17,18)(H,19,20). The van der Waals surface area contributed by atoms with Crippen LogP contribution in [0.4, 0.5) is 10.1 Å². The summed E-state index contributed by atoms with van der Waals surface area (Å²) in [5.41, 5.74) is -0.134. The lowest BCUT2D eigenvalue weighted by Gasteiger charge is -2.09. The number of amides is 1. The van der Waals surface area contributed by atoms with Crippen LogP contribution in [-0.4, -0.2) is 29.1 Å². The van der Waals surface area contributed by atoms with Gasteiger partial charge in [0.25, 0.3) is 5.91 Å². The minimum absolute atomic E-state index is 0.121. The number of nitrogens with one attached hydrogen (secondary N) is 1. The van der Waals surface area contributed by atoms with E-state index in [0.29, 0.717) is 0 Å². The van der Waals surface area contributed by atoms with Crippen LogP contribution < -0.4 is 10.1 Å². The number of hydrogen-bond acceptors (Lipinski definition) is 4.